The smallest absolute Gasteiger partial charge is 0.125 e. The van der Waals surface area contributed by atoms with E-state index >= 15 is 0 Å². The van der Waals surface area contributed by atoms with E-state index < -0.39 is 6.00 Å². The zero-order chi connectivity index (χ0) is 6.78. The molecule has 0 aromatic carbocycles. The first-order valence-corrected chi connectivity index (χ1v) is 7.84. The molecule has 0 N–H and O–H groups in total. The molecule has 0 heterocycles. The van der Waals surface area contributed by atoms with Gasteiger partial charge in [0.05, 0.1) is 4.45 Å². The Morgan fingerprint density at radius 2 is 1.88 bits per heavy atom. The van der Waals surface area contributed by atoms with Gasteiger partial charge in [-0.05, 0) is 0 Å². The van der Waals surface area contributed by atoms with E-state index in [-0.39, 0.29) is 4.45 Å². The molecule has 0 fully saturated rings. The number of hydrogen-bond acceptors (Lipinski definition) is 0. The zero-order valence-electron chi connectivity index (χ0n) is 3.87. The monoisotopic (exact) mass is 252 g/mol. The Hall–Kier alpha value is 1.31. The van der Waals surface area contributed by atoms with E-state index in [1.807, 2.05) is 0 Å². The Morgan fingerprint density at radius 1 is 1.50 bits per heavy atom. The molecule has 8 heavy (non-hydrogen) atoms. The zero-order valence-corrected chi connectivity index (χ0v) is 8.73. The van der Waals surface area contributed by atoms with E-state index in [1.54, 1.807) is 6.08 Å². The van der Waals surface area contributed by atoms with Crippen LogP contribution in [0, 0.1) is 0 Å². The van der Waals surface area contributed by atoms with Crippen molar-refractivity contribution in [3.05, 3.63) is 12.7 Å². The molecule has 0 spiro atoms. The number of rotatable bonds is 2. The van der Waals surface area contributed by atoms with Crippen LogP contribution in [-0.2, 0) is 0 Å². The third-order valence-corrected chi connectivity index (χ3v) is 8.30. The average molecular weight is 254 g/mol. The number of alkyl halides is 1. The molecule has 0 aliphatic rings. The highest BCUT2D eigenvalue weighted by molar-refractivity contribution is 9.10. The fraction of sp³-hybridized carbons (Fsp3) is 0.333. The van der Waals surface area contributed by atoms with E-state index in [0.29, 0.717) is 0 Å². The van der Waals surface area contributed by atoms with Crippen molar-refractivity contribution in [1.82, 2.24) is 0 Å². The first-order chi connectivity index (χ1) is 3.48. The third-order valence-electron chi connectivity index (χ3n) is 0.520. The summed E-state index contributed by atoms with van der Waals surface area (Å²) < 4.78 is -0.139. The highest BCUT2D eigenvalue weighted by Gasteiger charge is 2.32. The van der Waals surface area contributed by atoms with Crippen LogP contribution in [0.3, 0.4) is 0 Å². The van der Waals surface area contributed by atoms with Crippen molar-refractivity contribution in [2.45, 2.75) is 4.45 Å². The van der Waals surface area contributed by atoms with Gasteiger partial charge in [-0.15, -0.1) is 39.8 Å². The lowest BCUT2D eigenvalue weighted by Gasteiger charge is -2.09. The lowest BCUT2D eigenvalue weighted by molar-refractivity contribution is 1.66. The van der Waals surface area contributed by atoms with Crippen molar-refractivity contribution < 1.29 is 0 Å². The summed E-state index contributed by atoms with van der Waals surface area (Å²) in [6.45, 7) is 3.46. The van der Waals surface area contributed by atoms with Crippen LogP contribution in [0.2, 0.25) is 0 Å². The maximum absolute atomic E-state index is 5.54. The van der Waals surface area contributed by atoms with Gasteiger partial charge in [0.1, 0.15) is 0 Å². The van der Waals surface area contributed by atoms with Crippen LogP contribution in [0.5, 0.6) is 0 Å². The minimum atomic E-state index is -2.55. The van der Waals surface area contributed by atoms with Crippen molar-refractivity contribution in [3.8, 4) is 0 Å². The maximum atomic E-state index is 5.54. The standard InChI is InChI=1S/C3H4BrCl3Si/c1-2-3(4)8(5,6)7/h2-3H,1H2. The van der Waals surface area contributed by atoms with Crippen molar-refractivity contribution in [2.24, 2.45) is 0 Å². The van der Waals surface area contributed by atoms with Gasteiger partial charge in [0.2, 0.25) is 0 Å². The fourth-order valence-electron chi connectivity index (χ4n) is 0.134. The fourth-order valence-corrected chi connectivity index (χ4v) is 1.20. The molecule has 0 aromatic rings. The van der Waals surface area contributed by atoms with Crippen molar-refractivity contribution in [3.63, 3.8) is 0 Å². The second-order valence-electron chi connectivity index (χ2n) is 1.18. The van der Waals surface area contributed by atoms with Crippen molar-refractivity contribution in [2.75, 3.05) is 0 Å². The quantitative estimate of drug-likeness (QED) is 0.307. The van der Waals surface area contributed by atoms with E-state index in [2.05, 4.69) is 22.5 Å². The lowest BCUT2D eigenvalue weighted by atomic mass is 10.8. The summed E-state index contributed by atoms with van der Waals surface area (Å²) in [5.74, 6) is 0. The largest absolute Gasteiger partial charge is 0.357 e. The highest BCUT2D eigenvalue weighted by atomic mass is 79.9. The summed E-state index contributed by atoms with van der Waals surface area (Å²) in [4.78, 5) is 0. The van der Waals surface area contributed by atoms with Gasteiger partial charge in [-0.3, -0.25) is 0 Å². The third kappa shape index (κ3) is 3.36. The molecule has 0 aliphatic carbocycles. The first kappa shape index (κ1) is 9.31. The minimum absolute atomic E-state index is 0.139. The van der Waals surface area contributed by atoms with Crippen LogP contribution < -0.4 is 0 Å². The number of hydrogen-bond donors (Lipinski definition) is 0. The Morgan fingerprint density at radius 3 is 1.88 bits per heavy atom. The highest BCUT2D eigenvalue weighted by Crippen LogP contribution is 2.29. The Kier molecular flexibility index (Phi) is 4.04. The minimum Gasteiger partial charge on any atom is -0.125 e. The predicted molar refractivity (Wildman–Crippen MR) is 46.2 cm³/mol. The molecule has 5 heteroatoms. The lowest BCUT2D eigenvalue weighted by Crippen LogP contribution is -2.22. The summed E-state index contributed by atoms with van der Waals surface area (Å²) in [6, 6.07) is -2.55. The molecule has 0 amide bonds. The number of halogens is 4. The van der Waals surface area contributed by atoms with E-state index in [4.69, 9.17) is 33.2 Å². The molecular weight excluding hydrogens is 250 g/mol. The van der Waals surface area contributed by atoms with Crippen LogP contribution in [0.4, 0.5) is 0 Å². The molecule has 0 bridgehead atoms. The molecular formula is C3H4BrCl3Si. The topological polar surface area (TPSA) is 0 Å². The molecule has 1 atom stereocenters. The molecule has 48 valence electrons. The van der Waals surface area contributed by atoms with Gasteiger partial charge < -0.3 is 0 Å². The normalized spacial score (nSPS) is 15.5. The molecule has 1 unspecified atom stereocenters. The molecule has 0 saturated heterocycles. The molecule has 0 rings (SSSR count). The average Bonchev–Trinajstić information content (AvgIpc) is 1.62. The van der Waals surface area contributed by atoms with Crippen LogP contribution in [0.15, 0.2) is 12.7 Å². The van der Waals surface area contributed by atoms with Gasteiger partial charge in [0.25, 0.3) is 0 Å². The summed E-state index contributed by atoms with van der Waals surface area (Å²) in [5.41, 5.74) is 0. The Bertz CT molecular complexity index is 89.0. The van der Waals surface area contributed by atoms with Crippen molar-refractivity contribution >= 4 is 55.2 Å². The van der Waals surface area contributed by atoms with E-state index in [9.17, 15) is 0 Å². The first-order valence-electron chi connectivity index (χ1n) is 1.82. The SMILES string of the molecule is C=CC(Br)[Si](Cl)(Cl)Cl. The van der Waals surface area contributed by atoms with Crippen LogP contribution in [0.25, 0.3) is 0 Å². The van der Waals surface area contributed by atoms with Crippen LogP contribution >= 0.6 is 49.2 Å². The molecule has 0 aliphatic heterocycles. The Balaban J connectivity index is 3.80. The maximum Gasteiger partial charge on any atom is 0.357 e. The van der Waals surface area contributed by atoms with E-state index in [1.165, 1.54) is 0 Å². The van der Waals surface area contributed by atoms with Gasteiger partial charge >= 0.3 is 6.00 Å². The second-order valence-corrected chi connectivity index (χ2v) is 11.8. The molecule has 0 aromatic heterocycles. The van der Waals surface area contributed by atoms with Gasteiger partial charge in [-0.25, -0.2) is 0 Å². The van der Waals surface area contributed by atoms with Crippen molar-refractivity contribution in [1.29, 1.82) is 0 Å². The van der Waals surface area contributed by atoms with Gasteiger partial charge in [-0.1, -0.05) is 22.0 Å². The Labute approximate surface area is 72.1 Å². The van der Waals surface area contributed by atoms with Gasteiger partial charge in [0.15, 0.2) is 0 Å². The molecule has 0 saturated carbocycles. The summed E-state index contributed by atoms with van der Waals surface area (Å²) in [5, 5.41) is 0. The van der Waals surface area contributed by atoms with Gasteiger partial charge in [0, 0.05) is 0 Å². The second kappa shape index (κ2) is 3.47. The summed E-state index contributed by atoms with van der Waals surface area (Å²) in [7, 11) is 0. The summed E-state index contributed by atoms with van der Waals surface area (Å²) in [6.07, 6.45) is 1.58. The molecule has 0 nitrogen and oxygen atoms in total. The number of allylic oxidation sites excluding steroid dienone is 1. The van der Waals surface area contributed by atoms with Gasteiger partial charge in [-0.2, -0.15) is 0 Å². The predicted octanol–water partition coefficient (Wildman–Crippen LogP) is 3.13. The van der Waals surface area contributed by atoms with E-state index in [0.717, 1.165) is 0 Å². The molecule has 0 radical (unpaired) electrons. The van der Waals surface area contributed by atoms with Crippen LogP contribution in [0.1, 0.15) is 0 Å². The van der Waals surface area contributed by atoms with Crippen LogP contribution in [-0.4, -0.2) is 10.5 Å². The summed E-state index contributed by atoms with van der Waals surface area (Å²) >= 11 is 19.8.